The van der Waals surface area contributed by atoms with Crippen molar-refractivity contribution in [2.24, 2.45) is 0 Å². The van der Waals surface area contributed by atoms with Crippen LogP contribution in [0.3, 0.4) is 0 Å². The summed E-state index contributed by atoms with van der Waals surface area (Å²) in [7, 11) is 3.17. The van der Waals surface area contributed by atoms with E-state index in [-0.39, 0.29) is 18.0 Å². The van der Waals surface area contributed by atoms with Crippen molar-refractivity contribution in [3.05, 3.63) is 52.2 Å². The number of anilines is 1. The molecule has 0 saturated carbocycles. The van der Waals surface area contributed by atoms with Crippen LogP contribution in [0.25, 0.3) is 0 Å². The highest BCUT2D eigenvalue weighted by Gasteiger charge is 2.15. The fourth-order valence-electron chi connectivity index (χ4n) is 1.73. The average Bonchev–Trinajstić information content (AvgIpc) is 2.53. The Hall–Kier alpha value is -2.83. The van der Waals surface area contributed by atoms with Crippen LogP contribution in [0.5, 0.6) is 11.5 Å². The van der Waals surface area contributed by atoms with Crippen LogP contribution in [0, 0.1) is 10.1 Å². The molecule has 0 atom stereocenters. The summed E-state index contributed by atoms with van der Waals surface area (Å²) in [5.41, 5.74) is 0.742. The third-order valence-corrected chi connectivity index (χ3v) is 2.83. The van der Waals surface area contributed by atoms with Gasteiger partial charge < -0.3 is 14.8 Å². The van der Waals surface area contributed by atoms with Gasteiger partial charge in [-0.25, -0.2) is 4.98 Å². The quantitative estimate of drug-likeness (QED) is 0.649. The zero-order valence-electron chi connectivity index (χ0n) is 11.7. The van der Waals surface area contributed by atoms with Crippen LogP contribution < -0.4 is 14.8 Å². The molecule has 1 aromatic heterocycles. The van der Waals surface area contributed by atoms with Gasteiger partial charge in [-0.05, 0) is 18.2 Å². The lowest BCUT2D eigenvalue weighted by atomic mass is 10.2. The van der Waals surface area contributed by atoms with E-state index in [2.05, 4.69) is 10.3 Å². The summed E-state index contributed by atoms with van der Waals surface area (Å²) in [5, 5.41) is 13.9. The zero-order chi connectivity index (χ0) is 15.2. The Labute approximate surface area is 121 Å². The number of aromatic nitrogens is 1. The van der Waals surface area contributed by atoms with E-state index < -0.39 is 4.92 Å². The van der Waals surface area contributed by atoms with Gasteiger partial charge in [0.1, 0.15) is 18.2 Å². The highest BCUT2D eigenvalue weighted by atomic mass is 16.6. The van der Waals surface area contributed by atoms with Crippen molar-refractivity contribution in [2.75, 3.05) is 19.5 Å². The summed E-state index contributed by atoms with van der Waals surface area (Å²) in [6.45, 7) is 0.278. The molecule has 1 heterocycles. The van der Waals surface area contributed by atoms with Crippen molar-refractivity contribution in [1.29, 1.82) is 0 Å². The average molecular weight is 289 g/mol. The van der Waals surface area contributed by atoms with Crippen LogP contribution in [-0.4, -0.2) is 24.1 Å². The van der Waals surface area contributed by atoms with E-state index >= 15 is 0 Å². The van der Waals surface area contributed by atoms with Crippen LogP contribution in [0.15, 0.2) is 36.5 Å². The SMILES string of the molecule is CNc1ccc(COc2ccc(OC)c([N+](=O)[O-])c2)cn1. The van der Waals surface area contributed by atoms with E-state index in [1.165, 1.54) is 19.2 Å². The minimum atomic E-state index is -0.505. The molecule has 0 saturated heterocycles. The minimum Gasteiger partial charge on any atom is -0.490 e. The third-order valence-electron chi connectivity index (χ3n) is 2.83. The molecule has 1 N–H and O–H groups in total. The molecule has 0 bridgehead atoms. The molecule has 0 aliphatic carbocycles. The number of nitro groups is 1. The highest BCUT2D eigenvalue weighted by molar-refractivity contribution is 5.50. The van der Waals surface area contributed by atoms with Crippen LogP contribution in [0.1, 0.15) is 5.56 Å². The Morgan fingerprint density at radius 1 is 1.33 bits per heavy atom. The van der Waals surface area contributed by atoms with Crippen molar-refractivity contribution in [2.45, 2.75) is 6.61 Å². The number of hydrogen-bond acceptors (Lipinski definition) is 6. The van der Waals surface area contributed by atoms with Crippen molar-refractivity contribution >= 4 is 11.5 Å². The summed E-state index contributed by atoms with van der Waals surface area (Å²) in [6.07, 6.45) is 1.68. The second-order valence-electron chi connectivity index (χ2n) is 4.18. The van der Waals surface area contributed by atoms with Gasteiger partial charge in [0.05, 0.1) is 18.1 Å². The number of nitro benzene ring substituents is 1. The number of benzene rings is 1. The molecule has 21 heavy (non-hydrogen) atoms. The first-order valence-corrected chi connectivity index (χ1v) is 6.22. The largest absolute Gasteiger partial charge is 0.490 e. The van der Waals surface area contributed by atoms with Gasteiger partial charge in [0.15, 0.2) is 5.75 Å². The summed E-state index contributed by atoms with van der Waals surface area (Å²) in [5.74, 6) is 1.37. The number of ether oxygens (including phenoxy) is 2. The molecule has 0 radical (unpaired) electrons. The van der Waals surface area contributed by atoms with E-state index in [9.17, 15) is 10.1 Å². The first-order valence-electron chi connectivity index (χ1n) is 6.22. The second-order valence-corrected chi connectivity index (χ2v) is 4.18. The van der Waals surface area contributed by atoms with Crippen LogP contribution >= 0.6 is 0 Å². The summed E-state index contributed by atoms with van der Waals surface area (Å²) < 4.78 is 10.5. The fraction of sp³-hybridized carbons (Fsp3) is 0.214. The normalized spacial score (nSPS) is 10.0. The molecule has 0 spiro atoms. The molecule has 0 unspecified atom stereocenters. The summed E-state index contributed by atoms with van der Waals surface area (Å²) in [4.78, 5) is 14.6. The molecule has 0 aliphatic rings. The fourth-order valence-corrected chi connectivity index (χ4v) is 1.73. The molecule has 110 valence electrons. The lowest BCUT2D eigenvalue weighted by molar-refractivity contribution is -0.385. The van der Waals surface area contributed by atoms with Gasteiger partial charge in [0.25, 0.3) is 0 Å². The number of pyridine rings is 1. The number of methoxy groups -OCH3 is 1. The van der Waals surface area contributed by atoms with Gasteiger partial charge in [-0.2, -0.15) is 0 Å². The maximum Gasteiger partial charge on any atom is 0.314 e. The van der Waals surface area contributed by atoms with Crippen LogP contribution in [-0.2, 0) is 6.61 Å². The Bertz CT molecular complexity index is 629. The summed E-state index contributed by atoms with van der Waals surface area (Å²) in [6, 6.07) is 8.18. The standard InChI is InChI=1S/C14H15N3O4/c1-15-14-6-3-10(8-16-14)9-21-11-4-5-13(20-2)12(7-11)17(18)19/h3-8H,9H2,1-2H3,(H,15,16). The maximum absolute atomic E-state index is 10.9. The van der Waals surface area contributed by atoms with Gasteiger partial charge in [0, 0.05) is 18.8 Å². The van der Waals surface area contributed by atoms with Crippen molar-refractivity contribution in [3.8, 4) is 11.5 Å². The number of hydrogen-bond donors (Lipinski definition) is 1. The van der Waals surface area contributed by atoms with E-state index in [1.807, 2.05) is 12.1 Å². The van der Waals surface area contributed by atoms with Crippen molar-refractivity contribution in [3.63, 3.8) is 0 Å². The second kappa shape index (κ2) is 6.56. The zero-order valence-corrected chi connectivity index (χ0v) is 11.7. The predicted molar refractivity (Wildman–Crippen MR) is 77.8 cm³/mol. The van der Waals surface area contributed by atoms with Gasteiger partial charge in [-0.15, -0.1) is 0 Å². The van der Waals surface area contributed by atoms with Gasteiger partial charge in [0.2, 0.25) is 0 Å². The lowest BCUT2D eigenvalue weighted by Gasteiger charge is -2.08. The first kappa shape index (κ1) is 14.6. The topological polar surface area (TPSA) is 86.5 Å². The molecule has 0 fully saturated rings. The minimum absolute atomic E-state index is 0.126. The van der Waals surface area contributed by atoms with E-state index in [4.69, 9.17) is 9.47 Å². The van der Waals surface area contributed by atoms with E-state index in [1.54, 1.807) is 19.3 Å². The Morgan fingerprint density at radius 3 is 2.71 bits per heavy atom. The first-order chi connectivity index (χ1) is 10.1. The van der Waals surface area contributed by atoms with Gasteiger partial charge >= 0.3 is 5.69 Å². The smallest absolute Gasteiger partial charge is 0.314 e. The summed E-state index contributed by atoms with van der Waals surface area (Å²) >= 11 is 0. The molecule has 0 aliphatic heterocycles. The van der Waals surface area contributed by atoms with E-state index in [0.29, 0.717) is 5.75 Å². The molecule has 0 amide bonds. The molecule has 2 aromatic rings. The molecule has 7 heteroatoms. The lowest BCUT2D eigenvalue weighted by Crippen LogP contribution is -1.99. The Kier molecular flexibility index (Phi) is 4.55. The van der Waals surface area contributed by atoms with E-state index in [0.717, 1.165) is 11.4 Å². The molecular formula is C14H15N3O4. The van der Waals surface area contributed by atoms with Gasteiger partial charge in [-0.3, -0.25) is 10.1 Å². The highest BCUT2D eigenvalue weighted by Crippen LogP contribution is 2.31. The van der Waals surface area contributed by atoms with Crippen molar-refractivity contribution < 1.29 is 14.4 Å². The van der Waals surface area contributed by atoms with Crippen LogP contribution in [0.4, 0.5) is 11.5 Å². The monoisotopic (exact) mass is 289 g/mol. The molecule has 7 nitrogen and oxygen atoms in total. The number of rotatable bonds is 6. The Balaban J connectivity index is 2.08. The van der Waals surface area contributed by atoms with Crippen molar-refractivity contribution in [1.82, 2.24) is 4.98 Å². The third kappa shape index (κ3) is 3.59. The molecule has 2 rings (SSSR count). The van der Waals surface area contributed by atoms with Gasteiger partial charge in [-0.1, -0.05) is 6.07 Å². The molecule has 1 aromatic carbocycles. The predicted octanol–water partition coefficient (Wildman–Crippen LogP) is 2.62. The maximum atomic E-state index is 10.9. The number of nitrogens with zero attached hydrogens (tertiary/aromatic N) is 2. The van der Waals surface area contributed by atoms with Crippen LogP contribution in [0.2, 0.25) is 0 Å². The molecular weight excluding hydrogens is 274 g/mol. The Morgan fingerprint density at radius 2 is 2.14 bits per heavy atom. The number of nitrogens with one attached hydrogen (secondary N) is 1.